The van der Waals surface area contributed by atoms with Crippen molar-refractivity contribution in [3.05, 3.63) is 24.0 Å². The number of alkyl halides is 2. The number of amides is 1. The first kappa shape index (κ1) is 15.3. The molecule has 0 bridgehead atoms. The molecule has 0 aliphatic carbocycles. The second-order valence-electron chi connectivity index (χ2n) is 3.77. The summed E-state index contributed by atoms with van der Waals surface area (Å²) in [5.74, 6) is -1.46. The van der Waals surface area contributed by atoms with Crippen LogP contribution in [0.5, 0.6) is 5.75 Å². The van der Waals surface area contributed by atoms with Gasteiger partial charge in [-0.3, -0.25) is 4.79 Å². The standard InChI is InChI=1S/C12H15F3N2O2/c1-16-6-2-3-11(18)17-9-5-4-8(13)7-10(9)19-12(14)15/h4-5,7,12,16H,2-3,6H2,1H3,(H,17,18). The summed E-state index contributed by atoms with van der Waals surface area (Å²) in [6.07, 6.45) is 0.834. The fraction of sp³-hybridized carbons (Fsp3) is 0.417. The van der Waals surface area contributed by atoms with Gasteiger partial charge in [0.25, 0.3) is 0 Å². The SMILES string of the molecule is CNCCCC(=O)Nc1ccc(F)cc1OC(F)F. The van der Waals surface area contributed by atoms with Gasteiger partial charge in [-0.15, -0.1) is 0 Å². The lowest BCUT2D eigenvalue weighted by Gasteiger charge is -2.12. The number of ether oxygens (including phenoxy) is 1. The van der Waals surface area contributed by atoms with Crippen LogP contribution in [-0.2, 0) is 4.79 Å². The molecule has 1 aromatic rings. The van der Waals surface area contributed by atoms with Crippen molar-refractivity contribution >= 4 is 11.6 Å². The molecule has 2 N–H and O–H groups in total. The van der Waals surface area contributed by atoms with Crippen molar-refractivity contribution < 1.29 is 22.7 Å². The molecule has 0 aromatic heterocycles. The molecular formula is C12H15F3N2O2. The Morgan fingerprint density at radius 3 is 2.79 bits per heavy atom. The zero-order valence-electron chi connectivity index (χ0n) is 10.4. The van der Waals surface area contributed by atoms with E-state index in [1.54, 1.807) is 7.05 Å². The molecule has 0 aliphatic rings. The quantitative estimate of drug-likeness (QED) is 0.752. The third-order valence-electron chi connectivity index (χ3n) is 2.26. The third kappa shape index (κ3) is 5.60. The van der Waals surface area contributed by atoms with Gasteiger partial charge in [-0.1, -0.05) is 0 Å². The van der Waals surface area contributed by atoms with Crippen LogP contribution in [0, 0.1) is 5.82 Å². The molecule has 0 radical (unpaired) electrons. The molecular weight excluding hydrogens is 261 g/mol. The van der Waals surface area contributed by atoms with Gasteiger partial charge in [0.2, 0.25) is 5.91 Å². The van der Waals surface area contributed by atoms with Crippen LogP contribution in [0.25, 0.3) is 0 Å². The average molecular weight is 276 g/mol. The largest absolute Gasteiger partial charge is 0.432 e. The number of benzene rings is 1. The van der Waals surface area contributed by atoms with Crippen molar-refractivity contribution in [1.82, 2.24) is 5.32 Å². The Balaban J connectivity index is 2.68. The van der Waals surface area contributed by atoms with E-state index in [9.17, 15) is 18.0 Å². The highest BCUT2D eigenvalue weighted by molar-refractivity contribution is 5.92. The third-order valence-corrected chi connectivity index (χ3v) is 2.26. The molecule has 19 heavy (non-hydrogen) atoms. The molecule has 1 aromatic carbocycles. The van der Waals surface area contributed by atoms with Gasteiger partial charge in [0.15, 0.2) is 5.75 Å². The van der Waals surface area contributed by atoms with Gasteiger partial charge in [-0.05, 0) is 32.1 Å². The normalized spacial score (nSPS) is 10.6. The summed E-state index contributed by atoms with van der Waals surface area (Å²) in [7, 11) is 1.76. The number of anilines is 1. The molecule has 0 fully saturated rings. The molecule has 0 saturated carbocycles. The van der Waals surface area contributed by atoms with Crippen LogP contribution in [-0.4, -0.2) is 26.1 Å². The first-order valence-electron chi connectivity index (χ1n) is 5.71. The number of hydrogen-bond acceptors (Lipinski definition) is 3. The van der Waals surface area contributed by atoms with Gasteiger partial charge in [-0.25, -0.2) is 4.39 Å². The highest BCUT2D eigenvalue weighted by Gasteiger charge is 2.13. The highest BCUT2D eigenvalue weighted by Crippen LogP contribution is 2.27. The van der Waals surface area contributed by atoms with Crippen LogP contribution in [0.4, 0.5) is 18.9 Å². The fourth-order valence-electron chi connectivity index (χ4n) is 1.43. The van der Waals surface area contributed by atoms with Crippen LogP contribution in [0.2, 0.25) is 0 Å². The van der Waals surface area contributed by atoms with Crippen LogP contribution in [0.1, 0.15) is 12.8 Å². The van der Waals surface area contributed by atoms with Crippen molar-refractivity contribution in [2.45, 2.75) is 19.5 Å². The smallest absolute Gasteiger partial charge is 0.387 e. The number of hydrogen-bond donors (Lipinski definition) is 2. The lowest BCUT2D eigenvalue weighted by atomic mass is 10.2. The molecule has 1 amide bonds. The van der Waals surface area contributed by atoms with Gasteiger partial charge in [0, 0.05) is 12.5 Å². The van der Waals surface area contributed by atoms with Crippen molar-refractivity contribution in [3.8, 4) is 5.75 Å². The number of carbonyl (C=O) groups is 1. The van der Waals surface area contributed by atoms with E-state index in [1.807, 2.05) is 0 Å². The van der Waals surface area contributed by atoms with Gasteiger partial charge in [0.1, 0.15) is 5.82 Å². The Kier molecular flexibility index (Phi) is 6.14. The van der Waals surface area contributed by atoms with Crippen LogP contribution < -0.4 is 15.4 Å². The van der Waals surface area contributed by atoms with Gasteiger partial charge >= 0.3 is 6.61 Å². The average Bonchev–Trinajstić information content (AvgIpc) is 2.32. The Labute approximate surface area is 108 Å². The summed E-state index contributed by atoms with van der Waals surface area (Å²) in [5.41, 5.74) is 0.0242. The summed E-state index contributed by atoms with van der Waals surface area (Å²) in [5, 5.41) is 5.29. The molecule has 0 spiro atoms. The van der Waals surface area contributed by atoms with Gasteiger partial charge in [-0.2, -0.15) is 8.78 Å². The second-order valence-corrected chi connectivity index (χ2v) is 3.77. The van der Waals surface area contributed by atoms with E-state index in [2.05, 4.69) is 15.4 Å². The summed E-state index contributed by atoms with van der Waals surface area (Å²) >= 11 is 0. The second kappa shape index (κ2) is 7.63. The van der Waals surface area contributed by atoms with Gasteiger partial charge < -0.3 is 15.4 Å². The van der Waals surface area contributed by atoms with Crippen LogP contribution in [0.15, 0.2) is 18.2 Å². The van der Waals surface area contributed by atoms with Gasteiger partial charge in [0.05, 0.1) is 5.69 Å². The van der Waals surface area contributed by atoms with Crippen molar-refractivity contribution in [2.24, 2.45) is 0 Å². The summed E-state index contributed by atoms with van der Waals surface area (Å²) in [4.78, 5) is 11.5. The monoisotopic (exact) mass is 276 g/mol. The zero-order valence-corrected chi connectivity index (χ0v) is 10.4. The maximum Gasteiger partial charge on any atom is 0.387 e. The van der Waals surface area contributed by atoms with Crippen molar-refractivity contribution in [3.63, 3.8) is 0 Å². The minimum absolute atomic E-state index is 0.0242. The molecule has 0 saturated heterocycles. The van der Waals surface area contributed by atoms with E-state index in [4.69, 9.17) is 0 Å². The maximum absolute atomic E-state index is 12.9. The molecule has 1 rings (SSSR count). The zero-order chi connectivity index (χ0) is 14.3. The topological polar surface area (TPSA) is 50.4 Å². The van der Waals surface area contributed by atoms with Crippen molar-refractivity contribution in [1.29, 1.82) is 0 Å². The molecule has 0 heterocycles. The molecule has 7 heteroatoms. The highest BCUT2D eigenvalue weighted by atomic mass is 19.3. The number of nitrogens with one attached hydrogen (secondary N) is 2. The van der Waals surface area contributed by atoms with Crippen LogP contribution in [0.3, 0.4) is 0 Å². The minimum atomic E-state index is -3.08. The number of rotatable bonds is 7. The molecule has 0 aliphatic heterocycles. The molecule has 4 nitrogen and oxygen atoms in total. The Morgan fingerprint density at radius 1 is 1.42 bits per heavy atom. The van der Waals surface area contributed by atoms with Crippen LogP contribution >= 0.6 is 0 Å². The number of carbonyl (C=O) groups excluding carboxylic acids is 1. The lowest BCUT2D eigenvalue weighted by molar-refractivity contribution is -0.116. The predicted molar refractivity (Wildman–Crippen MR) is 64.8 cm³/mol. The van der Waals surface area contributed by atoms with E-state index in [0.717, 1.165) is 12.1 Å². The van der Waals surface area contributed by atoms with Crippen molar-refractivity contribution in [2.75, 3.05) is 18.9 Å². The van der Waals surface area contributed by atoms with E-state index < -0.39 is 18.2 Å². The molecule has 0 atom stereocenters. The summed E-state index contributed by atoms with van der Waals surface area (Å²) < 4.78 is 41.4. The fourth-order valence-corrected chi connectivity index (χ4v) is 1.43. The Morgan fingerprint density at radius 2 is 2.16 bits per heavy atom. The first-order valence-corrected chi connectivity index (χ1v) is 5.71. The molecule has 0 unspecified atom stereocenters. The summed E-state index contributed by atoms with van der Waals surface area (Å²) in [6.45, 7) is -2.42. The predicted octanol–water partition coefficient (Wildman–Crippen LogP) is 2.37. The maximum atomic E-state index is 12.9. The van der Waals surface area contributed by atoms with E-state index in [0.29, 0.717) is 13.0 Å². The number of halogens is 3. The van der Waals surface area contributed by atoms with E-state index in [-0.39, 0.29) is 18.0 Å². The van der Waals surface area contributed by atoms with E-state index >= 15 is 0 Å². The van der Waals surface area contributed by atoms with E-state index in [1.165, 1.54) is 6.07 Å². The summed E-state index contributed by atoms with van der Waals surface area (Å²) in [6, 6.07) is 3.04. The Hall–Kier alpha value is -1.76. The minimum Gasteiger partial charge on any atom is -0.432 e. The molecule has 106 valence electrons. The first-order chi connectivity index (χ1) is 9.02. The lowest BCUT2D eigenvalue weighted by Crippen LogP contribution is -2.16. The Bertz CT molecular complexity index is 427.